The highest BCUT2D eigenvalue weighted by Crippen LogP contribution is 2.40. The molecule has 1 atom stereocenters. The minimum Gasteiger partial charge on any atom is -0.493 e. The third kappa shape index (κ3) is 5.60. The summed E-state index contributed by atoms with van der Waals surface area (Å²) in [4.78, 5) is 38.6. The van der Waals surface area contributed by atoms with Crippen LogP contribution in [0.25, 0.3) is 0 Å². The lowest BCUT2D eigenvalue weighted by molar-refractivity contribution is -0.145. The summed E-state index contributed by atoms with van der Waals surface area (Å²) in [5.74, 6) is -0.863. The number of nitrogens with zero attached hydrogens (tertiary/aromatic N) is 1. The zero-order chi connectivity index (χ0) is 27.3. The van der Waals surface area contributed by atoms with Crippen molar-refractivity contribution >= 4 is 23.5 Å². The highest BCUT2D eigenvalue weighted by Gasteiger charge is 2.30. The first-order valence-corrected chi connectivity index (χ1v) is 11.7. The van der Waals surface area contributed by atoms with Crippen molar-refractivity contribution in [1.82, 2.24) is 10.2 Å². The van der Waals surface area contributed by atoms with Gasteiger partial charge in [-0.2, -0.15) is 0 Å². The van der Waals surface area contributed by atoms with Crippen molar-refractivity contribution in [3.05, 3.63) is 46.5 Å². The van der Waals surface area contributed by atoms with Gasteiger partial charge in [-0.25, -0.2) is 4.79 Å². The second kappa shape index (κ2) is 11.6. The van der Waals surface area contributed by atoms with Crippen LogP contribution in [0.15, 0.2) is 24.3 Å². The molecule has 11 heteroatoms. The van der Waals surface area contributed by atoms with Gasteiger partial charge in [-0.05, 0) is 43.2 Å². The maximum Gasteiger partial charge on any atom is 0.344 e. The third-order valence-corrected chi connectivity index (χ3v) is 5.93. The van der Waals surface area contributed by atoms with Crippen LogP contribution in [-0.4, -0.2) is 74.0 Å². The van der Waals surface area contributed by atoms with Crippen LogP contribution in [-0.2, 0) is 11.3 Å². The van der Waals surface area contributed by atoms with Crippen LogP contribution in [0.1, 0.15) is 52.1 Å². The lowest BCUT2D eigenvalue weighted by atomic mass is 10.0. The predicted molar refractivity (Wildman–Crippen MR) is 134 cm³/mol. The molecule has 1 amide bonds. The Hall–Kier alpha value is -4.28. The van der Waals surface area contributed by atoms with Crippen LogP contribution in [0.3, 0.4) is 0 Å². The summed E-state index contributed by atoms with van der Waals surface area (Å²) in [6.07, 6.45) is -0.902. The Morgan fingerprint density at radius 3 is 2.24 bits per heavy atom. The molecule has 0 saturated carbocycles. The quantitative estimate of drug-likeness (QED) is 0.364. The molecule has 0 bridgehead atoms. The van der Waals surface area contributed by atoms with Gasteiger partial charge in [-0.3, -0.25) is 15.0 Å². The largest absolute Gasteiger partial charge is 0.493 e. The van der Waals surface area contributed by atoms with E-state index in [1.54, 1.807) is 24.0 Å². The minimum atomic E-state index is -1.13. The Morgan fingerprint density at radius 2 is 1.73 bits per heavy atom. The van der Waals surface area contributed by atoms with Gasteiger partial charge in [0.05, 0.1) is 32.9 Å². The van der Waals surface area contributed by atoms with Crippen LogP contribution in [0.4, 0.5) is 0 Å². The molecular formula is C26H31N3O8. The lowest BCUT2D eigenvalue weighted by Gasteiger charge is -2.20. The van der Waals surface area contributed by atoms with E-state index >= 15 is 0 Å². The molecule has 0 radical (unpaired) electrons. The molecule has 3 N–H and O–H groups in total. The van der Waals surface area contributed by atoms with Gasteiger partial charge in [0, 0.05) is 24.7 Å². The number of ether oxygens (including phenoxy) is 4. The fourth-order valence-electron chi connectivity index (χ4n) is 4.02. The van der Waals surface area contributed by atoms with Crippen molar-refractivity contribution in [2.45, 2.75) is 32.9 Å². The number of hydrogen-bond donors (Lipinski definition) is 3. The molecule has 1 heterocycles. The first kappa shape index (κ1) is 27.3. The number of nitrogens with one attached hydrogen (secondary N) is 2. The molecule has 2 aromatic rings. The molecule has 1 unspecified atom stereocenters. The number of carboxylic acids is 1. The first-order chi connectivity index (χ1) is 17.7. The molecule has 0 fully saturated rings. The average molecular weight is 514 g/mol. The second-order valence-electron chi connectivity index (χ2n) is 8.21. The summed E-state index contributed by atoms with van der Waals surface area (Å²) in [6.45, 7) is 4.04. The van der Waals surface area contributed by atoms with E-state index in [4.69, 9.17) is 24.4 Å². The van der Waals surface area contributed by atoms with Crippen molar-refractivity contribution in [2.24, 2.45) is 0 Å². The van der Waals surface area contributed by atoms with Crippen molar-refractivity contribution < 1.29 is 38.4 Å². The molecular weight excluding hydrogens is 482 g/mol. The predicted octanol–water partition coefficient (Wildman–Crippen LogP) is 2.73. The van der Waals surface area contributed by atoms with Crippen LogP contribution in [0.5, 0.6) is 23.0 Å². The number of methoxy groups -OCH3 is 2. The normalized spacial score (nSPS) is 13.0. The highest BCUT2D eigenvalue weighted by atomic mass is 16.6. The molecule has 198 valence electrons. The Labute approximate surface area is 214 Å². The zero-order valence-corrected chi connectivity index (χ0v) is 21.5. The van der Waals surface area contributed by atoms with E-state index in [9.17, 15) is 19.5 Å². The van der Waals surface area contributed by atoms with Crippen molar-refractivity contribution in [2.75, 3.05) is 34.4 Å². The van der Waals surface area contributed by atoms with Gasteiger partial charge in [0.15, 0.2) is 23.4 Å². The summed E-state index contributed by atoms with van der Waals surface area (Å²) < 4.78 is 22.0. The number of rotatable bonds is 12. The van der Waals surface area contributed by atoms with Gasteiger partial charge in [-0.15, -0.1) is 0 Å². The number of amides is 1. The summed E-state index contributed by atoms with van der Waals surface area (Å²) in [7, 11) is 4.28. The van der Waals surface area contributed by atoms with Gasteiger partial charge in [-0.1, -0.05) is 6.92 Å². The van der Waals surface area contributed by atoms with E-state index in [0.717, 1.165) is 5.56 Å². The van der Waals surface area contributed by atoms with Crippen LogP contribution in [0.2, 0.25) is 0 Å². The molecule has 0 saturated heterocycles. The van der Waals surface area contributed by atoms with E-state index in [1.165, 1.54) is 33.4 Å². The zero-order valence-electron chi connectivity index (χ0n) is 21.5. The number of benzene rings is 2. The number of carbonyl (C=O) groups is 3. The number of hydrogen-bond acceptors (Lipinski definition) is 8. The van der Waals surface area contributed by atoms with Gasteiger partial charge < -0.3 is 34.3 Å². The number of aliphatic carboxylic acids is 1. The van der Waals surface area contributed by atoms with E-state index in [2.05, 4.69) is 5.32 Å². The second-order valence-corrected chi connectivity index (χ2v) is 8.21. The van der Waals surface area contributed by atoms with Crippen molar-refractivity contribution in [1.29, 1.82) is 5.41 Å². The first-order valence-electron chi connectivity index (χ1n) is 11.7. The van der Waals surface area contributed by atoms with Gasteiger partial charge in [0.25, 0.3) is 5.91 Å². The number of amidine groups is 1. The summed E-state index contributed by atoms with van der Waals surface area (Å²) in [6, 6.07) is 6.25. The molecule has 3 rings (SSSR count). The molecule has 11 nitrogen and oxygen atoms in total. The van der Waals surface area contributed by atoms with Crippen LogP contribution in [0, 0.1) is 5.41 Å². The van der Waals surface area contributed by atoms with E-state index < -0.39 is 12.1 Å². The highest BCUT2D eigenvalue weighted by molar-refractivity contribution is 6.07. The molecule has 0 spiro atoms. The van der Waals surface area contributed by atoms with Crippen LogP contribution >= 0.6 is 0 Å². The Bertz CT molecular complexity index is 1200. The smallest absolute Gasteiger partial charge is 0.344 e. The fraction of sp³-hybridized carbons (Fsp3) is 0.385. The molecule has 2 aromatic carbocycles. The number of fused-ring (bicyclic) bond motifs is 1. The summed E-state index contributed by atoms with van der Waals surface area (Å²) in [5.41, 5.74) is 1.88. The number of Topliss-reactive ketones (excluding diaryl/α,β-unsaturated/α-hetero) is 1. The van der Waals surface area contributed by atoms with E-state index in [0.29, 0.717) is 30.0 Å². The molecule has 37 heavy (non-hydrogen) atoms. The van der Waals surface area contributed by atoms with E-state index in [1.807, 2.05) is 6.92 Å². The number of carboxylic acid groups (broad SMARTS) is 1. The summed E-state index contributed by atoms with van der Waals surface area (Å²) >= 11 is 0. The van der Waals surface area contributed by atoms with Gasteiger partial charge in [0.1, 0.15) is 11.6 Å². The third-order valence-electron chi connectivity index (χ3n) is 5.93. The van der Waals surface area contributed by atoms with Gasteiger partial charge >= 0.3 is 5.97 Å². The van der Waals surface area contributed by atoms with Crippen molar-refractivity contribution in [3.63, 3.8) is 0 Å². The van der Waals surface area contributed by atoms with Gasteiger partial charge in [0.2, 0.25) is 5.75 Å². The average Bonchev–Trinajstić information content (AvgIpc) is 3.19. The molecule has 0 aliphatic carbocycles. The maximum atomic E-state index is 13.2. The molecule has 1 aliphatic rings. The summed E-state index contributed by atoms with van der Waals surface area (Å²) in [5, 5.41) is 20.5. The van der Waals surface area contributed by atoms with E-state index in [-0.39, 0.29) is 53.3 Å². The molecule has 1 aliphatic heterocycles. The number of carbonyl (C=O) groups excluding carboxylic acids is 2. The Morgan fingerprint density at radius 1 is 1.08 bits per heavy atom. The fourth-order valence-corrected chi connectivity index (χ4v) is 4.02. The number of ketones is 1. The maximum absolute atomic E-state index is 13.2. The van der Waals surface area contributed by atoms with Crippen molar-refractivity contribution in [3.8, 4) is 23.0 Å². The lowest BCUT2D eigenvalue weighted by Crippen LogP contribution is -2.30. The monoisotopic (exact) mass is 513 g/mol. The topological polar surface area (TPSA) is 147 Å². The SMILES string of the molecule is CCOc1cc2c(cc1C(=O)NC)C(=N)N(CC(=O)c1cc(OC)c(OC(CC)C(=O)O)c(OC)c1)C2. The standard InChI is InChI=1S/C26H31N3O8/c1-6-19(26(32)33)37-23-21(34-4)8-14(9-22(23)35-5)18(30)13-29-12-15-10-20(36-7-2)17(25(31)28-3)11-16(15)24(29)27/h8-11,19,27H,6-7,12-13H2,1-5H3,(H,28,31)(H,32,33). The Balaban J connectivity index is 1.88. The van der Waals surface area contributed by atoms with Crippen LogP contribution < -0.4 is 24.3 Å². The Kier molecular flexibility index (Phi) is 8.59. The minimum absolute atomic E-state index is 0.0855. The molecule has 0 aromatic heterocycles.